The molecule has 0 aliphatic carbocycles. The van der Waals surface area contributed by atoms with Gasteiger partial charge >= 0.3 is 5.91 Å². The van der Waals surface area contributed by atoms with Crippen LogP contribution in [0.1, 0.15) is 57.7 Å². The Labute approximate surface area is 232 Å². The molecule has 39 heavy (non-hydrogen) atoms. The Bertz CT molecular complexity index is 1320. The minimum absolute atomic E-state index is 0.0200. The molecule has 2 aromatic carbocycles. The number of ether oxygens (including phenoxy) is 3. The highest BCUT2D eigenvalue weighted by atomic mass is 32.1. The summed E-state index contributed by atoms with van der Waals surface area (Å²) in [5, 5.41) is 13.5. The van der Waals surface area contributed by atoms with Crippen LogP contribution in [0.2, 0.25) is 0 Å². The van der Waals surface area contributed by atoms with E-state index in [1.807, 2.05) is 13.8 Å². The number of rotatable bonds is 12. The first-order valence-corrected chi connectivity index (χ1v) is 14.1. The molecular formula is C30H34N2O6S. The van der Waals surface area contributed by atoms with Gasteiger partial charge in [-0.1, -0.05) is 26.8 Å². The van der Waals surface area contributed by atoms with Crippen molar-refractivity contribution in [2.75, 3.05) is 24.7 Å². The lowest BCUT2D eigenvalue weighted by Crippen LogP contribution is -2.29. The van der Waals surface area contributed by atoms with Crippen molar-refractivity contribution in [3.8, 4) is 17.2 Å². The number of thiazole rings is 1. The van der Waals surface area contributed by atoms with Gasteiger partial charge in [0.1, 0.15) is 11.5 Å². The number of aliphatic hydroxyl groups excluding tert-OH is 1. The van der Waals surface area contributed by atoms with Crippen molar-refractivity contribution in [2.45, 2.75) is 46.6 Å². The predicted octanol–water partition coefficient (Wildman–Crippen LogP) is 6.38. The number of aromatic nitrogens is 1. The highest BCUT2D eigenvalue weighted by Crippen LogP contribution is 2.44. The molecule has 9 heteroatoms. The second kappa shape index (κ2) is 12.8. The summed E-state index contributed by atoms with van der Waals surface area (Å²) in [6.45, 7) is 9.66. The van der Waals surface area contributed by atoms with Gasteiger partial charge in [0.2, 0.25) is 0 Å². The first kappa shape index (κ1) is 28.2. The summed E-state index contributed by atoms with van der Waals surface area (Å²) >= 11 is 1.24. The van der Waals surface area contributed by atoms with Crippen LogP contribution in [0.25, 0.3) is 5.76 Å². The zero-order valence-electron chi connectivity index (χ0n) is 22.7. The Balaban J connectivity index is 1.79. The molecule has 1 fully saturated rings. The predicted molar refractivity (Wildman–Crippen MR) is 152 cm³/mol. The summed E-state index contributed by atoms with van der Waals surface area (Å²) < 4.78 is 17.5. The van der Waals surface area contributed by atoms with Gasteiger partial charge < -0.3 is 19.3 Å². The van der Waals surface area contributed by atoms with E-state index in [1.54, 1.807) is 54.0 Å². The highest BCUT2D eigenvalue weighted by molar-refractivity contribution is 7.14. The van der Waals surface area contributed by atoms with Gasteiger partial charge in [-0.05, 0) is 67.6 Å². The molecule has 206 valence electrons. The second-order valence-electron chi connectivity index (χ2n) is 9.53. The molecule has 0 spiro atoms. The van der Waals surface area contributed by atoms with Gasteiger partial charge in [0.15, 0.2) is 16.6 Å². The topological polar surface area (TPSA) is 98.2 Å². The van der Waals surface area contributed by atoms with Gasteiger partial charge in [-0.2, -0.15) is 0 Å². The van der Waals surface area contributed by atoms with Crippen LogP contribution in [0.3, 0.4) is 0 Å². The number of amides is 1. The van der Waals surface area contributed by atoms with E-state index in [0.29, 0.717) is 59.2 Å². The van der Waals surface area contributed by atoms with E-state index >= 15 is 0 Å². The average molecular weight is 551 g/mol. The summed E-state index contributed by atoms with van der Waals surface area (Å²) in [7, 11) is 0. The maximum atomic E-state index is 13.4. The fraction of sp³-hybridized carbons (Fsp3) is 0.367. The minimum atomic E-state index is -0.906. The quantitative estimate of drug-likeness (QED) is 0.159. The van der Waals surface area contributed by atoms with E-state index in [4.69, 9.17) is 14.2 Å². The number of hydrogen-bond acceptors (Lipinski definition) is 8. The Morgan fingerprint density at radius 3 is 2.44 bits per heavy atom. The Morgan fingerprint density at radius 2 is 1.79 bits per heavy atom. The van der Waals surface area contributed by atoms with Gasteiger partial charge in [0, 0.05) is 17.1 Å². The van der Waals surface area contributed by atoms with Gasteiger partial charge in [0.05, 0.1) is 31.4 Å². The average Bonchev–Trinajstić information content (AvgIpc) is 3.54. The number of hydrogen-bond donors (Lipinski definition) is 1. The third kappa shape index (κ3) is 6.25. The number of aliphatic hydroxyl groups is 1. The summed E-state index contributed by atoms with van der Waals surface area (Å²) in [6.07, 6.45) is 3.33. The molecule has 0 saturated carbocycles. The molecule has 1 aliphatic heterocycles. The van der Waals surface area contributed by atoms with Crippen molar-refractivity contribution in [3.05, 3.63) is 70.7 Å². The maximum absolute atomic E-state index is 13.4. The molecule has 1 N–H and O–H groups in total. The van der Waals surface area contributed by atoms with Crippen LogP contribution in [0, 0.1) is 5.92 Å². The lowest BCUT2D eigenvalue weighted by Gasteiger charge is -2.24. The molecule has 0 radical (unpaired) electrons. The second-order valence-corrected chi connectivity index (χ2v) is 10.4. The minimum Gasteiger partial charge on any atom is -0.507 e. The Morgan fingerprint density at radius 1 is 1.03 bits per heavy atom. The van der Waals surface area contributed by atoms with Gasteiger partial charge in [-0.15, -0.1) is 11.3 Å². The lowest BCUT2D eigenvalue weighted by atomic mass is 9.95. The van der Waals surface area contributed by atoms with Crippen molar-refractivity contribution >= 4 is 33.9 Å². The van der Waals surface area contributed by atoms with Crippen molar-refractivity contribution in [2.24, 2.45) is 5.92 Å². The molecule has 1 saturated heterocycles. The third-order valence-corrected chi connectivity index (χ3v) is 6.98. The molecule has 1 unspecified atom stereocenters. The van der Waals surface area contributed by atoms with Crippen molar-refractivity contribution in [3.63, 3.8) is 0 Å². The molecule has 2 heterocycles. The molecule has 3 aromatic rings. The highest BCUT2D eigenvalue weighted by Gasteiger charge is 2.48. The monoisotopic (exact) mass is 550 g/mol. The fourth-order valence-electron chi connectivity index (χ4n) is 4.25. The SMILES string of the molecule is CCCOc1ccc(/C(O)=C2\C(=O)C(=O)N(c3nccs3)C2c2ccc(OCCC(C)C)c(OCC)c2)cc1. The molecule has 8 nitrogen and oxygen atoms in total. The van der Waals surface area contributed by atoms with Crippen molar-refractivity contribution in [1.29, 1.82) is 0 Å². The van der Waals surface area contributed by atoms with Gasteiger partial charge in [0.25, 0.3) is 5.78 Å². The van der Waals surface area contributed by atoms with E-state index in [1.165, 1.54) is 16.2 Å². The van der Waals surface area contributed by atoms with Crippen LogP contribution in [-0.4, -0.2) is 41.6 Å². The number of carbonyl (C=O) groups excluding carboxylic acids is 2. The number of Topliss-reactive ketones (excluding diaryl/α,β-unsaturated/α-hetero) is 1. The van der Waals surface area contributed by atoms with E-state index in [2.05, 4.69) is 18.8 Å². The van der Waals surface area contributed by atoms with Crippen molar-refractivity contribution < 1.29 is 28.9 Å². The summed E-state index contributed by atoms with van der Waals surface area (Å²) in [4.78, 5) is 32.3. The van der Waals surface area contributed by atoms with Crippen LogP contribution in [0.15, 0.2) is 59.6 Å². The Hall–Kier alpha value is -3.85. The third-order valence-electron chi connectivity index (χ3n) is 6.21. The molecule has 1 atom stereocenters. The van der Waals surface area contributed by atoms with Crippen molar-refractivity contribution in [1.82, 2.24) is 4.98 Å². The smallest absolute Gasteiger partial charge is 0.301 e. The summed E-state index contributed by atoms with van der Waals surface area (Å²) in [5.74, 6) is 0.419. The standard InChI is InChI=1S/C30H34N2O6S/c1-5-15-37-22-10-7-20(8-11-22)27(33)25-26(32(29(35)28(25)34)30-31-14-17-39-30)21-9-12-23(24(18-21)36-6-2)38-16-13-19(3)4/h7-12,14,17-19,26,33H,5-6,13,15-16H2,1-4H3/b27-25+. The largest absolute Gasteiger partial charge is 0.507 e. The van der Waals surface area contributed by atoms with Crippen LogP contribution in [-0.2, 0) is 9.59 Å². The molecule has 1 amide bonds. The zero-order chi connectivity index (χ0) is 27.9. The number of carbonyl (C=O) groups is 2. The summed E-state index contributed by atoms with van der Waals surface area (Å²) in [5.41, 5.74) is 0.974. The molecule has 4 rings (SSSR count). The molecule has 0 bridgehead atoms. The molecule has 1 aromatic heterocycles. The maximum Gasteiger partial charge on any atom is 0.301 e. The number of ketones is 1. The Kier molecular flexibility index (Phi) is 9.24. The zero-order valence-corrected chi connectivity index (χ0v) is 23.5. The normalized spacial score (nSPS) is 16.6. The van der Waals surface area contributed by atoms with E-state index in [9.17, 15) is 14.7 Å². The first-order valence-electron chi connectivity index (χ1n) is 13.2. The van der Waals surface area contributed by atoms with Crippen LogP contribution < -0.4 is 19.1 Å². The lowest BCUT2D eigenvalue weighted by molar-refractivity contribution is -0.132. The van der Waals surface area contributed by atoms with E-state index in [0.717, 1.165) is 12.8 Å². The summed E-state index contributed by atoms with van der Waals surface area (Å²) in [6, 6.07) is 11.2. The first-order chi connectivity index (χ1) is 18.8. The molecular weight excluding hydrogens is 516 g/mol. The number of benzene rings is 2. The van der Waals surface area contributed by atoms with E-state index < -0.39 is 17.7 Å². The van der Waals surface area contributed by atoms with Crippen LogP contribution in [0.5, 0.6) is 17.2 Å². The van der Waals surface area contributed by atoms with Gasteiger partial charge in [-0.3, -0.25) is 14.5 Å². The number of nitrogens with zero attached hydrogens (tertiary/aromatic N) is 2. The van der Waals surface area contributed by atoms with Crippen LogP contribution in [0.4, 0.5) is 5.13 Å². The molecule has 1 aliphatic rings. The number of anilines is 1. The van der Waals surface area contributed by atoms with E-state index in [-0.39, 0.29) is 11.3 Å². The van der Waals surface area contributed by atoms with Crippen LogP contribution >= 0.6 is 11.3 Å². The van der Waals surface area contributed by atoms with Gasteiger partial charge in [-0.25, -0.2) is 4.98 Å². The fourth-order valence-corrected chi connectivity index (χ4v) is 4.92.